The van der Waals surface area contributed by atoms with E-state index >= 15 is 0 Å². The molecule has 170 valence electrons. The number of nitrogens with zero attached hydrogens (tertiary/aromatic N) is 2. The van der Waals surface area contributed by atoms with E-state index in [9.17, 15) is 9.59 Å². The molecule has 0 radical (unpaired) electrons. The summed E-state index contributed by atoms with van der Waals surface area (Å²) >= 11 is 1.41. The molecule has 3 rings (SSSR count). The third-order valence-electron chi connectivity index (χ3n) is 6.04. The quantitative estimate of drug-likeness (QED) is 0.363. The summed E-state index contributed by atoms with van der Waals surface area (Å²) in [6, 6.07) is 15.3. The summed E-state index contributed by atoms with van der Waals surface area (Å²) in [6.45, 7) is 4.49. The first-order valence-corrected chi connectivity index (χ1v) is 12.3. The second-order valence-electron chi connectivity index (χ2n) is 7.98. The molecule has 1 unspecified atom stereocenters. The van der Waals surface area contributed by atoms with Crippen LogP contribution in [-0.4, -0.2) is 59.6 Å². The van der Waals surface area contributed by atoms with Gasteiger partial charge in [-0.1, -0.05) is 42.5 Å². The molecular weight excluding hydrogens is 420 g/mol. The highest BCUT2D eigenvalue weighted by Crippen LogP contribution is 2.31. The summed E-state index contributed by atoms with van der Waals surface area (Å²) in [7, 11) is 0. The lowest BCUT2D eigenvalue weighted by Gasteiger charge is -2.40. The molecule has 32 heavy (non-hydrogen) atoms. The predicted molar refractivity (Wildman–Crippen MR) is 132 cm³/mol. The summed E-state index contributed by atoms with van der Waals surface area (Å²) in [4.78, 5) is 27.0. The van der Waals surface area contributed by atoms with E-state index in [0.717, 1.165) is 25.9 Å². The Labute approximate surface area is 195 Å². The number of nitrogens with one attached hydrogen (secondary N) is 2. The van der Waals surface area contributed by atoms with Crippen LogP contribution in [0.15, 0.2) is 42.5 Å². The smallest absolute Gasteiger partial charge is 0.328 e. The van der Waals surface area contributed by atoms with Crippen molar-refractivity contribution >= 4 is 34.7 Å². The van der Waals surface area contributed by atoms with Gasteiger partial charge in [-0.3, -0.25) is 14.0 Å². The number of carbonyl (C=O) groups excluding carboxylic acids is 2. The number of fused-ring (bicyclic) bond motifs is 1. The number of amides is 3. The van der Waals surface area contributed by atoms with Gasteiger partial charge in [-0.15, -0.1) is 12.3 Å². The molecule has 2 aromatic carbocycles. The average Bonchev–Trinajstić information content (AvgIpc) is 2.83. The topological polar surface area (TPSA) is 64.7 Å². The maximum Gasteiger partial charge on any atom is 0.328 e. The minimum absolute atomic E-state index is 0.0442. The van der Waals surface area contributed by atoms with E-state index in [4.69, 9.17) is 6.42 Å². The number of hydrogen-bond acceptors (Lipinski definition) is 4. The van der Waals surface area contributed by atoms with Gasteiger partial charge in [0, 0.05) is 44.4 Å². The number of urea groups is 1. The molecule has 0 saturated carbocycles. The summed E-state index contributed by atoms with van der Waals surface area (Å²) in [6.07, 6.45) is 9.36. The third kappa shape index (κ3) is 5.96. The number of terminal acetylenes is 1. The lowest BCUT2D eigenvalue weighted by atomic mass is 9.96. The molecule has 2 N–H and O–H groups in total. The molecule has 1 aliphatic rings. The summed E-state index contributed by atoms with van der Waals surface area (Å²) in [5, 5.41) is 7.99. The molecule has 1 atom stereocenters. The molecule has 7 heteroatoms. The molecule has 6 nitrogen and oxygen atoms in total. The van der Waals surface area contributed by atoms with Gasteiger partial charge in [-0.25, -0.2) is 4.79 Å². The molecule has 0 bridgehead atoms. The van der Waals surface area contributed by atoms with Crippen molar-refractivity contribution in [3.63, 3.8) is 0 Å². The predicted octanol–water partition coefficient (Wildman–Crippen LogP) is 3.79. The van der Waals surface area contributed by atoms with E-state index in [2.05, 4.69) is 70.8 Å². The zero-order chi connectivity index (χ0) is 22.9. The molecule has 0 aliphatic carbocycles. The van der Waals surface area contributed by atoms with Crippen LogP contribution in [0.3, 0.4) is 0 Å². The normalized spacial score (nSPS) is 15.7. The van der Waals surface area contributed by atoms with Crippen molar-refractivity contribution in [2.75, 3.05) is 32.4 Å². The Morgan fingerprint density at radius 2 is 1.91 bits per heavy atom. The first-order valence-electron chi connectivity index (χ1n) is 11.1. The number of benzene rings is 2. The van der Waals surface area contributed by atoms with Crippen molar-refractivity contribution in [1.82, 2.24) is 19.8 Å². The SMILES string of the molecule is C#CCCNC(=O)CNC(=O)N(SC)C1CCN(C(C)c2cccc3ccccc23)CC1. The zero-order valence-corrected chi connectivity index (χ0v) is 19.7. The Hall–Kier alpha value is -2.69. The second-order valence-corrected chi connectivity index (χ2v) is 8.74. The van der Waals surface area contributed by atoms with Crippen molar-refractivity contribution in [2.24, 2.45) is 0 Å². The van der Waals surface area contributed by atoms with Crippen molar-refractivity contribution in [3.05, 3.63) is 48.0 Å². The van der Waals surface area contributed by atoms with Crippen LogP contribution in [0.4, 0.5) is 4.79 Å². The Morgan fingerprint density at radius 3 is 2.62 bits per heavy atom. The molecule has 1 heterocycles. The van der Waals surface area contributed by atoms with E-state index in [1.165, 1.54) is 28.3 Å². The van der Waals surface area contributed by atoms with Gasteiger partial charge in [0.25, 0.3) is 0 Å². The fourth-order valence-electron chi connectivity index (χ4n) is 4.29. The van der Waals surface area contributed by atoms with Gasteiger partial charge >= 0.3 is 6.03 Å². The van der Waals surface area contributed by atoms with Crippen LogP contribution >= 0.6 is 11.9 Å². The van der Waals surface area contributed by atoms with Crippen LogP contribution in [0.2, 0.25) is 0 Å². The first-order chi connectivity index (χ1) is 15.5. The van der Waals surface area contributed by atoms with Gasteiger partial charge in [-0.05, 0) is 48.0 Å². The van der Waals surface area contributed by atoms with Crippen LogP contribution in [0.5, 0.6) is 0 Å². The number of hydrogen-bond donors (Lipinski definition) is 2. The van der Waals surface area contributed by atoms with Gasteiger partial charge < -0.3 is 10.6 Å². The highest BCUT2D eigenvalue weighted by molar-refractivity contribution is 7.96. The van der Waals surface area contributed by atoms with Crippen LogP contribution in [0, 0.1) is 12.3 Å². The van der Waals surface area contributed by atoms with E-state index in [1.54, 1.807) is 4.31 Å². The van der Waals surface area contributed by atoms with Crippen molar-refractivity contribution < 1.29 is 9.59 Å². The van der Waals surface area contributed by atoms with Crippen molar-refractivity contribution in [1.29, 1.82) is 0 Å². The van der Waals surface area contributed by atoms with Crippen LogP contribution in [0.1, 0.15) is 37.8 Å². The zero-order valence-electron chi connectivity index (χ0n) is 18.8. The number of rotatable bonds is 8. The van der Waals surface area contributed by atoms with Gasteiger partial charge in [0.05, 0.1) is 6.54 Å². The molecule has 1 aliphatic heterocycles. The summed E-state index contributed by atoms with van der Waals surface area (Å²) in [5.41, 5.74) is 1.34. The largest absolute Gasteiger partial charge is 0.354 e. The number of likely N-dealkylation sites (tertiary alicyclic amines) is 1. The highest BCUT2D eigenvalue weighted by Gasteiger charge is 2.30. The average molecular weight is 453 g/mol. The standard InChI is InChI=1S/C25H32N4O2S/c1-4-5-15-26-24(30)18-27-25(31)29(32-3)21-13-16-28(17-14-21)19(2)22-12-8-10-20-9-6-7-11-23(20)22/h1,6-12,19,21H,5,13-18H2,2-3H3,(H,26,30)(H,27,31). The Morgan fingerprint density at radius 1 is 1.19 bits per heavy atom. The van der Waals surface area contributed by atoms with E-state index in [-0.39, 0.29) is 24.5 Å². The summed E-state index contributed by atoms with van der Waals surface area (Å²) in [5.74, 6) is 2.24. The lowest BCUT2D eigenvalue weighted by Crippen LogP contribution is -2.49. The van der Waals surface area contributed by atoms with E-state index < -0.39 is 0 Å². The molecule has 0 spiro atoms. The maximum absolute atomic E-state index is 12.7. The van der Waals surface area contributed by atoms with Crippen LogP contribution in [-0.2, 0) is 4.79 Å². The van der Waals surface area contributed by atoms with Crippen molar-refractivity contribution in [3.8, 4) is 12.3 Å². The minimum Gasteiger partial charge on any atom is -0.354 e. The molecule has 1 fully saturated rings. The van der Waals surface area contributed by atoms with Gasteiger partial charge in [0.1, 0.15) is 0 Å². The van der Waals surface area contributed by atoms with Crippen LogP contribution < -0.4 is 10.6 Å². The van der Waals surface area contributed by atoms with Crippen LogP contribution in [0.25, 0.3) is 10.8 Å². The summed E-state index contributed by atoms with van der Waals surface area (Å²) < 4.78 is 1.77. The Balaban J connectivity index is 1.53. The highest BCUT2D eigenvalue weighted by atomic mass is 32.2. The fourth-order valence-corrected chi connectivity index (χ4v) is 5.03. The lowest BCUT2D eigenvalue weighted by molar-refractivity contribution is -0.120. The monoisotopic (exact) mass is 452 g/mol. The molecule has 2 aromatic rings. The molecule has 1 saturated heterocycles. The Kier molecular flexibility index (Phi) is 8.83. The molecule has 3 amide bonds. The number of piperidine rings is 1. The second kappa shape index (κ2) is 11.8. The maximum atomic E-state index is 12.7. The Bertz CT molecular complexity index is 961. The first kappa shape index (κ1) is 24.0. The third-order valence-corrected chi connectivity index (χ3v) is 6.90. The minimum atomic E-state index is -0.228. The van der Waals surface area contributed by atoms with Crippen molar-refractivity contribution in [2.45, 2.75) is 38.3 Å². The van der Waals surface area contributed by atoms with Gasteiger partial charge in [0.2, 0.25) is 5.91 Å². The fraction of sp³-hybridized carbons (Fsp3) is 0.440. The van der Waals surface area contributed by atoms with Gasteiger partial charge in [-0.2, -0.15) is 0 Å². The number of carbonyl (C=O) groups is 2. The van der Waals surface area contributed by atoms with E-state index in [0.29, 0.717) is 19.0 Å². The molecular formula is C25H32N4O2S. The van der Waals surface area contributed by atoms with E-state index in [1.807, 2.05) is 6.26 Å². The van der Waals surface area contributed by atoms with Gasteiger partial charge in [0.15, 0.2) is 0 Å². The molecule has 0 aromatic heterocycles.